The number of nitrogens with one attached hydrogen (secondary N) is 1. The fourth-order valence-electron chi connectivity index (χ4n) is 5.02. The third-order valence-electron chi connectivity index (χ3n) is 6.77. The van der Waals surface area contributed by atoms with Gasteiger partial charge in [-0.05, 0) is 80.7 Å². The van der Waals surface area contributed by atoms with E-state index >= 15 is 0 Å². The summed E-state index contributed by atoms with van der Waals surface area (Å²) in [5.41, 5.74) is 3.37. The van der Waals surface area contributed by atoms with Gasteiger partial charge in [-0.15, -0.1) is 0 Å². The number of imidazole rings is 1. The standard InChI is InChI=1S/C25H24F3N3/c1-14-24(28)20(27)13-22-25(14)31-23(30-22)9-4-15-2-5-16(6-3-15)18-10-11-29-21-8-7-17(26)12-19(18)21/h7-8,10-13,15-16H,2-6,9H2,1H3,(H,30,31). The van der Waals surface area contributed by atoms with Crippen LogP contribution in [-0.2, 0) is 6.42 Å². The molecule has 2 heterocycles. The van der Waals surface area contributed by atoms with E-state index in [4.69, 9.17) is 0 Å². The molecule has 2 aromatic heterocycles. The average Bonchev–Trinajstić information content (AvgIpc) is 3.19. The van der Waals surface area contributed by atoms with Crippen LogP contribution in [0.25, 0.3) is 21.9 Å². The maximum Gasteiger partial charge on any atom is 0.163 e. The van der Waals surface area contributed by atoms with Gasteiger partial charge in [0.15, 0.2) is 11.6 Å². The van der Waals surface area contributed by atoms with Gasteiger partial charge in [0.05, 0.1) is 16.6 Å². The van der Waals surface area contributed by atoms with Gasteiger partial charge in [-0.25, -0.2) is 18.2 Å². The highest BCUT2D eigenvalue weighted by Crippen LogP contribution is 2.39. The van der Waals surface area contributed by atoms with E-state index in [1.54, 1.807) is 19.1 Å². The first kappa shape index (κ1) is 20.0. The molecule has 0 spiro atoms. The van der Waals surface area contributed by atoms with Crippen molar-refractivity contribution in [2.24, 2.45) is 5.92 Å². The van der Waals surface area contributed by atoms with Crippen LogP contribution in [0.1, 0.15) is 55.0 Å². The lowest BCUT2D eigenvalue weighted by Crippen LogP contribution is -2.14. The third kappa shape index (κ3) is 3.80. The van der Waals surface area contributed by atoms with Crippen LogP contribution in [0.2, 0.25) is 0 Å². The number of benzene rings is 2. The second-order valence-electron chi connectivity index (χ2n) is 8.69. The van der Waals surface area contributed by atoms with Crippen molar-refractivity contribution in [3.8, 4) is 0 Å². The molecule has 0 saturated heterocycles. The Bertz CT molecular complexity index is 1260. The SMILES string of the molecule is Cc1c(F)c(F)cc2nc(CCC3CCC(c4ccnc5ccc(F)cc45)CC3)[nH]c12. The summed E-state index contributed by atoms with van der Waals surface area (Å²) in [4.78, 5) is 12.0. The highest BCUT2D eigenvalue weighted by Gasteiger charge is 2.24. The maximum atomic E-state index is 13.8. The van der Waals surface area contributed by atoms with Crippen molar-refractivity contribution in [3.63, 3.8) is 0 Å². The van der Waals surface area contributed by atoms with Crippen molar-refractivity contribution in [1.82, 2.24) is 15.0 Å². The minimum Gasteiger partial charge on any atom is -0.342 e. The van der Waals surface area contributed by atoms with E-state index in [0.29, 0.717) is 22.9 Å². The van der Waals surface area contributed by atoms with E-state index < -0.39 is 11.6 Å². The van der Waals surface area contributed by atoms with Crippen LogP contribution in [0.5, 0.6) is 0 Å². The summed E-state index contributed by atoms with van der Waals surface area (Å²) < 4.78 is 41.2. The Morgan fingerprint density at radius 3 is 2.61 bits per heavy atom. The first-order valence-corrected chi connectivity index (χ1v) is 10.9. The highest BCUT2D eigenvalue weighted by molar-refractivity contribution is 5.82. The summed E-state index contributed by atoms with van der Waals surface area (Å²) in [6, 6.07) is 7.98. The molecule has 31 heavy (non-hydrogen) atoms. The van der Waals surface area contributed by atoms with E-state index in [1.165, 1.54) is 11.6 Å². The molecule has 1 aliphatic carbocycles. The summed E-state index contributed by atoms with van der Waals surface area (Å²) in [5.74, 6) is -0.112. The van der Waals surface area contributed by atoms with Gasteiger partial charge in [-0.1, -0.05) is 0 Å². The van der Waals surface area contributed by atoms with E-state index in [1.807, 2.05) is 12.3 Å². The van der Waals surface area contributed by atoms with Crippen molar-refractivity contribution in [1.29, 1.82) is 0 Å². The summed E-state index contributed by atoms with van der Waals surface area (Å²) in [7, 11) is 0. The second kappa shape index (κ2) is 7.98. The number of hydrogen-bond acceptors (Lipinski definition) is 2. The predicted molar refractivity (Wildman–Crippen MR) is 115 cm³/mol. The van der Waals surface area contributed by atoms with Gasteiger partial charge in [-0.3, -0.25) is 4.98 Å². The molecule has 0 atom stereocenters. The molecule has 1 saturated carbocycles. The van der Waals surface area contributed by atoms with Gasteiger partial charge in [0.2, 0.25) is 0 Å². The first-order chi connectivity index (χ1) is 15.0. The number of aromatic nitrogens is 3. The lowest BCUT2D eigenvalue weighted by Gasteiger charge is -2.29. The number of hydrogen-bond donors (Lipinski definition) is 1. The lowest BCUT2D eigenvalue weighted by molar-refractivity contribution is 0.310. The Balaban J connectivity index is 1.24. The monoisotopic (exact) mass is 423 g/mol. The van der Waals surface area contributed by atoms with E-state index in [-0.39, 0.29) is 11.4 Å². The zero-order valence-corrected chi connectivity index (χ0v) is 17.4. The normalized spacial score (nSPS) is 19.4. The van der Waals surface area contributed by atoms with Gasteiger partial charge < -0.3 is 4.98 Å². The smallest absolute Gasteiger partial charge is 0.163 e. The number of fused-ring (bicyclic) bond motifs is 2. The van der Waals surface area contributed by atoms with Gasteiger partial charge >= 0.3 is 0 Å². The van der Waals surface area contributed by atoms with Crippen LogP contribution in [0.15, 0.2) is 36.5 Å². The summed E-state index contributed by atoms with van der Waals surface area (Å²) >= 11 is 0. The molecule has 1 N–H and O–H groups in total. The summed E-state index contributed by atoms with van der Waals surface area (Å²) in [5, 5.41) is 0.919. The summed E-state index contributed by atoms with van der Waals surface area (Å²) in [6.07, 6.45) is 7.90. The van der Waals surface area contributed by atoms with Gasteiger partial charge in [-0.2, -0.15) is 0 Å². The van der Waals surface area contributed by atoms with Crippen LogP contribution >= 0.6 is 0 Å². The second-order valence-corrected chi connectivity index (χ2v) is 8.69. The molecule has 160 valence electrons. The Hall–Kier alpha value is -2.89. The number of pyridine rings is 1. The van der Waals surface area contributed by atoms with Crippen LogP contribution in [-0.4, -0.2) is 15.0 Å². The Labute approximate surface area is 178 Å². The van der Waals surface area contributed by atoms with Crippen LogP contribution in [0, 0.1) is 30.3 Å². The van der Waals surface area contributed by atoms with Crippen molar-refractivity contribution < 1.29 is 13.2 Å². The molecule has 0 bridgehead atoms. The van der Waals surface area contributed by atoms with Crippen molar-refractivity contribution in [2.75, 3.05) is 0 Å². The topological polar surface area (TPSA) is 41.6 Å². The van der Waals surface area contributed by atoms with Gasteiger partial charge in [0.25, 0.3) is 0 Å². The fraction of sp³-hybridized carbons (Fsp3) is 0.360. The molecule has 1 fully saturated rings. The quantitative estimate of drug-likeness (QED) is 0.395. The van der Waals surface area contributed by atoms with Crippen LogP contribution in [0.3, 0.4) is 0 Å². The zero-order valence-electron chi connectivity index (χ0n) is 17.4. The lowest BCUT2D eigenvalue weighted by atomic mass is 9.76. The van der Waals surface area contributed by atoms with Crippen molar-refractivity contribution in [2.45, 2.75) is 51.4 Å². The van der Waals surface area contributed by atoms with Gasteiger partial charge in [0, 0.05) is 29.6 Å². The number of aryl methyl sites for hydroxylation is 2. The van der Waals surface area contributed by atoms with E-state index in [2.05, 4.69) is 15.0 Å². The molecule has 5 rings (SSSR count). The molecule has 3 nitrogen and oxygen atoms in total. The Kier molecular flexibility index (Phi) is 5.16. The average molecular weight is 423 g/mol. The molecule has 2 aromatic carbocycles. The predicted octanol–water partition coefficient (Wildman–Crippen LogP) is 6.74. The van der Waals surface area contributed by atoms with Crippen molar-refractivity contribution >= 4 is 21.9 Å². The molecule has 6 heteroatoms. The third-order valence-corrected chi connectivity index (χ3v) is 6.77. The fourth-order valence-corrected chi connectivity index (χ4v) is 5.02. The number of nitrogens with zero attached hydrogens (tertiary/aromatic N) is 2. The number of halogens is 3. The zero-order chi connectivity index (χ0) is 21.5. The number of rotatable bonds is 4. The molecular formula is C25H24F3N3. The minimum absolute atomic E-state index is 0.226. The molecule has 0 unspecified atom stereocenters. The van der Waals surface area contributed by atoms with Crippen LogP contribution < -0.4 is 0 Å². The number of aromatic amines is 1. The molecular weight excluding hydrogens is 399 g/mol. The summed E-state index contributed by atoms with van der Waals surface area (Å²) in [6.45, 7) is 1.57. The van der Waals surface area contributed by atoms with Crippen LogP contribution in [0.4, 0.5) is 13.2 Å². The molecule has 0 amide bonds. The van der Waals surface area contributed by atoms with Gasteiger partial charge in [0.1, 0.15) is 11.6 Å². The van der Waals surface area contributed by atoms with E-state index in [0.717, 1.165) is 61.3 Å². The highest BCUT2D eigenvalue weighted by atomic mass is 19.2. The van der Waals surface area contributed by atoms with E-state index in [9.17, 15) is 13.2 Å². The molecule has 4 aromatic rings. The minimum atomic E-state index is -0.857. The number of H-pyrrole nitrogens is 1. The molecule has 0 radical (unpaired) electrons. The Morgan fingerprint density at radius 1 is 1.00 bits per heavy atom. The molecule has 1 aliphatic rings. The molecule has 0 aliphatic heterocycles. The maximum absolute atomic E-state index is 13.8. The Morgan fingerprint density at radius 2 is 1.81 bits per heavy atom. The van der Waals surface area contributed by atoms with Crippen molar-refractivity contribution in [3.05, 3.63) is 70.9 Å². The first-order valence-electron chi connectivity index (χ1n) is 10.9. The largest absolute Gasteiger partial charge is 0.342 e.